The average molecular weight is 342 g/mol. The van der Waals surface area contributed by atoms with Crippen LogP contribution in [0.2, 0.25) is 0 Å². The fraction of sp³-hybridized carbons (Fsp3) is 0.900. The number of carbonyl (C=O) groups excluding carboxylic acids is 1. The molecule has 2 N–H and O–H groups in total. The number of rotatable bonds is 17. The number of hydrogen-bond acceptors (Lipinski definition) is 2. The Balaban J connectivity index is 3.66. The Hall–Kier alpha value is -1.06. The summed E-state index contributed by atoms with van der Waals surface area (Å²) in [7, 11) is 0. The molecule has 0 spiro atoms. The highest BCUT2D eigenvalue weighted by Crippen LogP contribution is 2.14. The highest BCUT2D eigenvalue weighted by Gasteiger charge is 2.09. The molecule has 0 heterocycles. The van der Waals surface area contributed by atoms with Crippen LogP contribution >= 0.6 is 0 Å². The van der Waals surface area contributed by atoms with Crippen molar-refractivity contribution in [2.75, 3.05) is 0 Å². The van der Waals surface area contributed by atoms with E-state index >= 15 is 0 Å². The summed E-state index contributed by atoms with van der Waals surface area (Å²) < 4.78 is 0. The molecule has 0 saturated carbocycles. The summed E-state index contributed by atoms with van der Waals surface area (Å²) in [4.78, 5) is 21.8. The summed E-state index contributed by atoms with van der Waals surface area (Å²) in [6.07, 6.45) is 16.7. The Morgan fingerprint density at radius 3 is 1.71 bits per heavy atom. The van der Waals surface area contributed by atoms with Crippen LogP contribution in [0.4, 0.5) is 0 Å². The Morgan fingerprint density at radius 1 is 0.792 bits per heavy atom. The second-order valence-electron chi connectivity index (χ2n) is 7.01. The fourth-order valence-corrected chi connectivity index (χ4v) is 3.12. The van der Waals surface area contributed by atoms with E-state index in [1.54, 1.807) is 6.92 Å². The zero-order chi connectivity index (χ0) is 18.0. The second kappa shape index (κ2) is 16.8. The van der Waals surface area contributed by atoms with Crippen LogP contribution in [0.5, 0.6) is 0 Å². The maximum Gasteiger partial charge on any atom is 0.303 e. The molecule has 4 nitrogen and oxygen atoms in total. The molecule has 0 aromatic rings. The molecule has 0 aromatic carbocycles. The van der Waals surface area contributed by atoms with Crippen molar-refractivity contribution in [3.63, 3.8) is 0 Å². The molecule has 0 saturated heterocycles. The molecule has 24 heavy (non-hydrogen) atoms. The Labute approximate surface area is 148 Å². The molecule has 0 unspecified atom stereocenters. The fourth-order valence-electron chi connectivity index (χ4n) is 3.12. The summed E-state index contributed by atoms with van der Waals surface area (Å²) in [5, 5.41) is 11.7. The highest BCUT2D eigenvalue weighted by molar-refractivity contribution is 5.73. The van der Waals surface area contributed by atoms with Gasteiger partial charge < -0.3 is 10.4 Å². The summed E-state index contributed by atoms with van der Waals surface area (Å²) in [6.45, 7) is 3.84. The van der Waals surface area contributed by atoms with Gasteiger partial charge in [-0.25, -0.2) is 0 Å². The molecular weight excluding hydrogens is 302 g/mol. The molecule has 1 atom stereocenters. The molecule has 0 aliphatic heterocycles. The van der Waals surface area contributed by atoms with Gasteiger partial charge in [0.2, 0.25) is 5.91 Å². The van der Waals surface area contributed by atoms with Crippen LogP contribution < -0.4 is 5.32 Å². The summed E-state index contributed by atoms with van der Waals surface area (Å²) in [5.41, 5.74) is 0. The standard InChI is InChI=1S/C20H39NO3/c1-3-4-5-6-7-9-12-15-19(21-18(2)22)16-13-10-8-11-14-17-20(23)24/h19H,3-17H2,1-2H3,(H,21,22)(H,23,24)/t19-/m0/s1. The molecular formula is C20H39NO3. The van der Waals surface area contributed by atoms with Crippen molar-refractivity contribution in [2.45, 2.75) is 116 Å². The van der Waals surface area contributed by atoms with Gasteiger partial charge in [0.25, 0.3) is 0 Å². The Kier molecular flexibility index (Phi) is 16.0. The quantitative estimate of drug-likeness (QED) is 0.346. The minimum Gasteiger partial charge on any atom is -0.481 e. The number of amides is 1. The molecule has 0 aromatic heterocycles. The third-order valence-electron chi connectivity index (χ3n) is 4.51. The number of unbranched alkanes of at least 4 members (excludes halogenated alkanes) is 10. The number of carboxylic acid groups (broad SMARTS) is 1. The third-order valence-corrected chi connectivity index (χ3v) is 4.51. The summed E-state index contributed by atoms with van der Waals surface area (Å²) in [6, 6.07) is 0.317. The van der Waals surface area contributed by atoms with Crippen LogP contribution in [0.3, 0.4) is 0 Å². The van der Waals surface area contributed by atoms with Gasteiger partial charge in [0.1, 0.15) is 0 Å². The van der Waals surface area contributed by atoms with Gasteiger partial charge in [0, 0.05) is 19.4 Å². The lowest BCUT2D eigenvalue weighted by Crippen LogP contribution is -2.32. The Morgan fingerprint density at radius 2 is 1.25 bits per heavy atom. The Bertz CT molecular complexity index is 318. The predicted octanol–water partition coefficient (Wildman–Crippen LogP) is 5.45. The van der Waals surface area contributed by atoms with E-state index in [0.29, 0.717) is 6.04 Å². The van der Waals surface area contributed by atoms with Crippen molar-refractivity contribution in [2.24, 2.45) is 0 Å². The monoisotopic (exact) mass is 341 g/mol. The number of hydrogen-bond donors (Lipinski definition) is 2. The highest BCUT2D eigenvalue weighted by atomic mass is 16.4. The van der Waals surface area contributed by atoms with Crippen molar-refractivity contribution < 1.29 is 14.7 Å². The lowest BCUT2D eigenvalue weighted by atomic mass is 10.00. The van der Waals surface area contributed by atoms with E-state index in [1.165, 1.54) is 44.9 Å². The van der Waals surface area contributed by atoms with Gasteiger partial charge in [0.15, 0.2) is 0 Å². The van der Waals surface area contributed by atoms with Crippen molar-refractivity contribution in [1.82, 2.24) is 5.32 Å². The lowest BCUT2D eigenvalue weighted by Gasteiger charge is -2.17. The molecule has 142 valence electrons. The maximum atomic E-state index is 11.3. The minimum atomic E-state index is -0.699. The SMILES string of the molecule is CCCCCCCCC[C@@H](CCCCCCCC(=O)O)NC(C)=O. The van der Waals surface area contributed by atoms with E-state index < -0.39 is 5.97 Å². The average Bonchev–Trinajstić information content (AvgIpc) is 2.52. The summed E-state index contributed by atoms with van der Waals surface area (Å²) >= 11 is 0. The van der Waals surface area contributed by atoms with Crippen LogP contribution in [0.15, 0.2) is 0 Å². The van der Waals surface area contributed by atoms with Crippen molar-refractivity contribution in [3.8, 4) is 0 Å². The zero-order valence-corrected chi connectivity index (χ0v) is 15.9. The predicted molar refractivity (Wildman–Crippen MR) is 100 cm³/mol. The molecule has 0 bridgehead atoms. The number of nitrogens with one attached hydrogen (secondary N) is 1. The number of carboxylic acids is 1. The van der Waals surface area contributed by atoms with Crippen LogP contribution in [-0.4, -0.2) is 23.0 Å². The van der Waals surface area contributed by atoms with Crippen molar-refractivity contribution >= 4 is 11.9 Å². The first-order valence-corrected chi connectivity index (χ1v) is 10.0. The van der Waals surface area contributed by atoms with E-state index in [9.17, 15) is 9.59 Å². The van der Waals surface area contributed by atoms with E-state index in [4.69, 9.17) is 5.11 Å². The van der Waals surface area contributed by atoms with Gasteiger partial charge in [0.05, 0.1) is 0 Å². The third kappa shape index (κ3) is 17.3. The van der Waals surface area contributed by atoms with Gasteiger partial charge in [-0.1, -0.05) is 77.6 Å². The van der Waals surface area contributed by atoms with Crippen LogP contribution in [0.1, 0.15) is 110 Å². The van der Waals surface area contributed by atoms with Crippen molar-refractivity contribution in [1.29, 1.82) is 0 Å². The first-order chi connectivity index (χ1) is 11.6. The molecule has 0 radical (unpaired) electrons. The van der Waals surface area contributed by atoms with Gasteiger partial charge in [-0.15, -0.1) is 0 Å². The van der Waals surface area contributed by atoms with Gasteiger partial charge >= 0.3 is 5.97 Å². The van der Waals surface area contributed by atoms with Crippen LogP contribution in [0.25, 0.3) is 0 Å². The molecule has 1 amide bonds. The van der Waals surface area contributed by atoms with Crippen molar-refractivity contribution in [3.05, 3.63) is 0 Å². The van der Waals surface area contributed by atoms with Gasteiger partial charge in [-0.2, -0.15) is 0 Å². The van der Waals surface area contributed by atoms with Crippen LogP contribution in [-0.2, 0) is 9.59 Å². The topological polar surface area (TPSA) is 66.4 Å². The maximum absolute atomic E-state index is 11.3. The smallest absolute Gasteiger partial charge is 0.303 e. The van der Waals surface area contributed by atoms with E-state index in [-0.39, 0.29) is 12.3 Å². The van der Waals surface area contributed by atoms with E-state index in [1.807, 2.05) is 0 Å². The molecule has 0 aliphatic carbocycles. The zero-order valence-electron chi connectivity index (χ0n) is 15.9. The first-order valence-electron chi connectivity index (χ1n) is 10.0. The molecule has 0 rings (SSSR count). The van der Waals surface area contributed by atoms with Gasteiger partial charge in [-0.3, -0.25) is 9.59 Å². The van der Waals surface area contributed by atoms with Crippen LogP contribution in [0, 0.1) is 0 Å². The minimum absolute atomic E-state index is 0.0735. The lowest BCUT2D eigenvalue weighted by molar-refractivity contribution is -0.137. The molecule has 0 aliphatic rings. The number of aliphatic carboxylic acids is 1. The molecule has 0 fully saturated rings. The summed E-state index contributed by atoms with van der Waals surface area (Å²) in [5.74, 6) is -0.625. The second-order valence-corrected chi connectivity index (χ2v) is 7.01. The number of carbonyl (C=O) groups is 2. The largest absolute Gasteiger partial charge is 0.481 e. The first kappa shape index (κ1) is 22.9. The normalized spacial score (nSPS) is 12.1. The van der Waals surface area contributed by atoms with E-state index in [0.717, 1.165) is 44.9 Å². The van der Waals surface area contributed by atoms with Gasteiger partial charge in [-0.05, 0) is 19.3 Å². The van der Waals surface area contributed by atoms with E-state index in [2.05, 4.69) is 12.2 Å². The molecule has 4 heteroatoms.